The molecule has 0 radical (unpaired) electrons. The van der Waals surface area contributed by atoms with Crippen molar-refractivity contribution in [2.24, 2.45) is 0 Å². The first kappa shape index (κ1) is 9.17. The van der Waals surface area contributed by atoms with Crippen molar-refractivity contribution < 1.29 is 18.8 Å². The lowest BCUT2D eigenvalue weighted by atomic mass is 10.4. The molecule has 76 valence electrons. The van der Waals surface area contributed by atoms with E-state index in [-0.39, 0.29) is 5.88 Å². The van der Waals surface area contributed by atoms with Crippen LogP contribution in [0.1, 0.15) is 18.5 Å². The molecule has 6 nitrogen and oxygen atoms in total. The predicted molar refractivity (Wildman–Crippen MR) is 44.6 cm³/mol. The minimum Gasteiger partial charge on any atom is -0.400 e. The maximum Gasteiger partial charge on any atom is 0.433 e. The first-order chi connectivity index (χ1) is 6.77. The second-order valence-corrected chi connectivity index (χ2v) is 2.86. The van der Waals surface area contributed by atoms with Gasteiger partial charge in [-0.05, 0) is 12.5 Å². The van der Waals surface area contributed by atoms with E-state index >= 15 is 0 Å². The number of nitrogens with zero attached hydrogens (tertiary/aromatic N) is 1. The summed E-state index contributed by atoms with van der Waals surface area (Å²) in [5.41, 5.74) is 0. The van der Waals surface area contributed by atoms with Crippen LogP contribution in [0, 0.1) is 10.1 Å². The van der Waals surface area contributed by atoms with Gasteiger partial charge in [0.25, 0.3) is 0 Å². The number of nitro groups is 1. The SMILES string of the molecule is O=[N+]([O-])c1ccc(C2OCCCO2)o1. The predicted octanol–water partition coefficient (Wildman–Crippen LogP) is 1.62. The second-order valence-electron chi connectivity index (χ2n) is 2.86. The summed E-state index contributed by atoms with van der Waals surface area (Å²) < 4.78 is 15.4. The summed E-state index contributed by atoms with van der Waals surface area (Å²) >= 11 is 0. The molecule has 0 amide bonds. The Morgan fingerprint density at radius 2 is 2.07 bits per heavy atom. The largest absolute Gasteiger partial charge is 0.433 e. The molecule has 2 heterocycles. The molecule has 1 aliphatic rings. The highest BCUT2D eigenvalue weighted by atomic mass is 16.7. The zero-order valence-electron chi connectivity index (χ0n) is 7.34. The van der Waals surface area contributed by atoms with Crippen LogP contribution in [0.2, 0.25) is 0 Å². The Bertz CT molecular complexity index is 328. The number of rotatable bonds is 2. The van der Waals surface area contributed by atoms with Crippen LogP contribution in [0.4, 0.5) is 5.88 Å². The molecule has 0 unspecified atom stereocenters. The molecule has 0 N–H and O–H groups in total. The minimum atomic E-state index is -0.600. The maximum absolute atomic E-state index is 10.3. The smallest absolute Gasteiger partial charge is 0.400 e. The summed E-state index contributed by atoms with van der Waals surface area (Å²) in [6.07, 6.45) is 0.233. The highest BCUT2D eigenvalue weighted by Crippen LogP contribution is 2.27. The first-order valence-electron chi connectivity index (χ1n) is 4.25. The van der Waals surface area contributed by atoms with Crippen molar-refractivity contribution in [1.29, 1.82) is 0 Å². The van der Waals surface area contributed by atoms with Gasteiger partial charge in [-0.2, -0.15) is 0 Å². The molecule has 0 bridgehead atoms. The van der Waals surface area contributed by atoms with Gasteiger partial charge in [0.15, 0.2) is 5.76 Å². The highest BCUT2D eigenvalue weighted by molar-refractivity contribution is 5.18. The van der Waals surface area contributed by atoms with E-state index in [0.717, 1.165) is 6.42 Å². The van der Waals surface area contributed by atoms with Gasteiger partial charge in [-0.25, -0.2) is 0 Å². The van der Waals surface area contributed by atoms with Crippen LogP contribution in [0.15, 0.2) is 16.5 Å². The summed E-state index contributed by atoms with van der Waals surface area (Å²) in [6.45, 7) is 1.17. The van der Waals surface area contributed by atoms with E-state index in [2.05, 4.69) is 0 Å². The second kappa shape index (κ2) is 3.77. The number of ether oxygens (including phenoxy) is 2. The average molecular weight is 199 g/mol. The van der Waals surface area contributed by atoms with Crippen molar-refractivity contribution in [3.63, 3.8) is 0 Å². The third kappa shape index (κ3) is 1.75. The molecule has 1 aromatic heterocycles. The van der Waals surface area contributed by atoms with E-state index in [1.165, 1.54) is 12.1 Å². The number of furan rings is 1. The van der Waals surface area contributed by atoms with E-state index in [0.29, 0.717) is 19.0 Å². The average Bonchev–Trinajstić information content (AvgIpc) is 2.68. The molecule has 1 aromatic rings. The maximum atomic E-state index is 10.3. The van der Waals surface area contributed by atoms with Gasteiger partial charge in [0.05, 0.1) is 19.3 Å². The first-order valence-corrected chi connectivity index (χ1v) is 4.25. The molecular formula is C8H9NO5. The normalized spacial score (nSPS) is 18.3. The Labute approximate surface area is 79.6 Å². The van der Waals surface area contributed by atoms with Crippen LogP contribution >= 0.6 is 0 Å². The summed E-state index contributed by atoms with van der Waals surface area (Å²) in [4.78, 5) is 9.74. The lowest BCUT2D eigenvalue weighted by molar-refractivity contribution is -0.403. The molecule has 1 fully saturated rings. The fourth-order valence-corrected chi connectivity index (χ4v) is 1.22. The Morgan fingerprint density at radius 1 is 1.36 bits per heavy atom. The zero-order chi connectivity index (χ0) is 9.97. The van der Waals surface area contributed by atoms with Crippen molar-refractivity contribution in [3.8, 4) is 0 Å². The molecule has 14 heavy (non-hydrogen) atoms. The van der Waals surface area contributed by atoms with Crippen LogP contribution in [-0.4, -0.2) is 18.1 Å². The third-order valence-corrected chi connectivity index (χ3v) is 1.85. The minimum absolute atomic E-state index is 0.294. The van der Waals surface area contributed by atoms with Crippen LogP contribution in [-0.2, 0) is 9.47 Å². The molecule has 1 aliphatic heterocycles. The van der Waals surface area contributed by atoms with E-state index < -0.39 is 11.2 Å². The highest BCUT2D eigenvalue weighted by Gasteiger charge is 2.22. The van der Waals surface area contributed by atoms with E-state index in [1.807, 2.05) is 0 Å². The Morgan fingerprint density at radius 3 is 2.64 bits per heavy atom. The van der Waals surface area contributed by atoms with Crippen LogP contribution in [0.5, 0.6) is 0 Å². The molecular weight excluding hydrogens is 190 g/mol. The topological polar surface area (TPSA) is 74.7 Å². The molecule has 6 heteroatoms. The van der Waals surface area contributed by atoms with Gasteiger partial charge in [-0.3, -0.25) is 10.1 Å². The molecule has 2 rings (SSSR count). The van der Waals surface area contributed by atoms with E-state index in [4.69, 9.17) is 13.9 Å². The fourth-order valence-electron chi connectivity index (χ4n) is 1.22. The molecule has 1 saturated heterocycles. The van der Waals surface area contributed by atoms with Gasteiger partial charge in [0.1, 0.15) is 4.92 Å². The Hall–Kier alpha value is -1.40. The van der Waals surface area contributed by atoms with Gasteiger partial charge in [0.2, 0.25) is 6.29 Å². The van der Waals surface area contributed by atoms with Crippen molar-refractivity contribution in [2.45, 2.75) is 12.7 Å². The quantitative estimate of drug-likeness (QED) is 0.534. The monoisotopic (exact) mass is 199 g/mol. The van der Waals surface area contributed by atoms with E-state index in [9.17, 15) is 10.1 Å². The molecule has 0 aromatic carbocycles. The van der Waals surface area contributed by atoms with Gasteiger partial charge >= 0.3 is 5.88 Å². The summed E-state index contributed by atoms with van der Waals surface area (Å²) in [6, 6.07) is 2.78. The van der Waals surface area contributed by atoms with Crippen molar-refractivity contribution in [1.82, 2.24) is 0 Å². The molecule has 0 saturated carbocycles. The Kier molecular flexibility index (Phi) is 2.47. The molecule has 0 aliphatic carbocycles. The van der Waals surface area contributed by atoms with Crippen molar-refractivity contribution >= 4 is 5.88 Å². The summed E-state index contributed by atoms with van der Waals surface area (Å²) in [7, 11) is 0. The standard InChI is InChI=1S/C8H9NO5/c10-9(11)7-3-2-6(14-7)8-12-4-1-5-13-8/h2-3,8H,1,4-5H2. The zero-order valence-corrected chi connectivity index (χ0v) is 7.34. The van der Waals surface area contributed by atoms with Gasteiger partial charge < -0.3 is 13.9 Å². The van der Waals surface area contributed by atoms with E-state index in [1.54, 1.807) is 0 Å². The summed E-state index contributed by atoms with van der Waals surface area (Å²) in [5, 5.41) is 10.3. The van der Waals surface area contributed by atoms with Gasteiger partial charge in [-0.1, -0.05) is 0 Å². The lowest BCUT2D eigenvalue weighted by Crippen LogP contribution is -2.17. The fraction of sp³-hybridized carbons (Fsp3) is 0.500. The molecule has 0 spiro atoms. The summed E-state index contributed by atoms with van der Waals surface area (Å²) in [5.74, 6) is 0.0502. The van der Waals surface area contributed by atoms with Crippen molar-refractivity contribution in [3.05, 3.63) is 28.0 Å². The van der Waals surface area contributed by atoms with Crippen LogP contribution in [0.3, 0.4) is 0 Å². The molecule has 0 atom stereocenters. The van der Waals surface area contributed by atoms with Crippen molar-refractivity contribution in [2.75, 3.05) is 13.2 Å². The lowest BCUT2D eigenvalue weighted by Gasteiger charge is -2.20. The number of hydrogen-bond acceptors (Lipinski definition) is 5. The van der Waals surface area contributed by atoms with Gasteiger partial charge in [0, 0.05) is 0 Å². The number of hydrogen-bond donors (Lipinski definition) is 0. The Balaban J connectivity index is 2.11. The van der Waals surface area contributed by atoms with Gasteiger partial charge in [-0.15, -0.1) is 0 Å². The van der Waals surface area contributed by atoms with Crippen LogP contribution in [0.25, 0.3) is 0 Å². The van der Waals surface area contributed by atoms with Crippen LogP contribution < -0.4 is 0 Å². The third-order valence-electron chi connectivity index (χ3n) is 1.85.